The molecular weight excluding hydrogens is 204 g/mol. The highest BCUT2D eigenvalue weighted by molar-refractivity contribution is 5.75. The molecule has 0 spiro atoms. The fourth-order valence-electron chi connectivity index (χ4n) is 1.78. The molecule has 1 aliphatic carbocycles. The Morgan fingerprint density at radius 2 is 1.94 bits per heavy atom. The van der Waals surface area contributed by atoms with Gasteiger partial charge in [0.1, 0.15) is 0 Å². The van der Waals surface area contributed by atoms with Crippen LogP contribution in [0.25, 0.3) is 0 Å². The fraction of sp³-hybridized carbons (Fsp3) is 0.923. The molecule has 0 radical (unpaired) electrons. The number of rotatable bonds is 5. The summed E-state index contributed by atoms with van der Waals surface area (Å²) in [5.74, 6) is -0.166. The van der Waals surface area contributed by atoms with Crippen molar-refractivity contribution in [2.24, 2.45) is 5.41 Å². The zero-order valence-electron chi connectivity index (χ0n) is 10.9. The Morgan fingerprint density at radius 1 is 1.38 bits per heavy atom. The standard InChI is InChI=1S/C13H24O3/c1-5-13(3,4)12(14)16-10(2)15-11-8-6-7-9-11/h10-11H,5-9H2,1-4H3. The number of hydrogen-bond acceptors (Lipinski definition) is 3. The van der Waals surface area contributed by atoms with Crippen molar-refractivity contribution in [2.75, 3.05) is 0 Å². The maximum Gasteiger partial charge on any atom is 0.313 e. The van der Waals surface area contributed by atoms with E-state index in [2.05, 4.69) is 0 Å². The van der Waals surface area contributed by atoms with E-state index < -0.39 is 11.7 Å². The predicted octanol–water partition coefficient (Wildman–Crippen LogP) is 3.27. The summed E-state index contributed by atoms with van der Waals surface area (Å²) >= 11 is 0. The van der Waals surface area contributed by atoms with Gasteiger partial charge in [0.25, 0.3) is 0 Å². The molecule has 1 atom stereocenters. The predicted molar refractivity (Wildman–Crippen MR) is 63.0 cm³/mol. The molecule has 94 valence electrons. The highest BCUT2D eigenvalue weighted by Gasteiger charge is 2.29. The van der Waals surface area contributed by atoms with E-state index in [1.54, 1.807) is 0 Å². The van der Waals surface area contributed by atoms with Gasteiger partial charge in [-0.1, -0.05) is 19.8 Å². The molecule has 0 aromatic heterocycles. The average Bonchev–Trinajstić information content (AvgIpc) is 2.70. The summed E-state index contributed by atoms with van der Waals surface area (Å²) in [6.07, 6.45) is 5.30. The van der Waals surface area contributed by atoms with E-state index in [4.69, 9.17) is 9.47 Å². The maximum atomic E-state index is 11.8. The molecule has 1 unspecified atom stereocenters. The number of esters is 1. The van der Waals surface area contributed by atoms with Crippen molar-refractivity contribution < 1.29 is 14.3 Å². The van der Waals surface area contributed by atoms with Gasteiger partial charge < -0.3 is 9.47 Å². The van der Waals surface area contributed by atoms with Crippen LogP contribution in [0.15, 0.2) is 0 Å². The van der Waals surface area contributed by atoms with Gasteiger partial charge in [0.05, 0.1) is 11.5 Å². The summed E-state index contributed by atoms with van der Waals surface area (Å²) in [7, 11) is 0. The SMILES string of the molecule is CCC(C)(C)C(=O)OC(C)OC1CCCC1. The quantitative estimate of drug-likeness (QED) is 0.535. The Bertz CT molecular complexity index is 229. The molecule has 1 fully saturated rings. The molecule has 1 aliphatic rings. The van der Waals surface area contributed by atoms with Crippen molar-refractivity contribution in [1.29, 1.82) is 0 Å². The monoisotopic (exact) mass is 228 g/mol. The second-order valence-electron chi connectivity index (χ2n) is 5.25. The van der Waals surface area contributed by atoms with Gasteiger partial charge in [-0.2, -0.15) is 0 Å². The van der Waals surface area contributed by atoms with Crippen LogP contribution >= 0.6 is 0 Å². The Hall–Kier alpha value is -0.570. The Morgan fingerprint density at radius 3 is 2.44 bits per heavy atom. The van der Waals surface area contributed by atoms with Crippen molar-refractivity contribution in [3.63, 3.8) is 0 Å². The first-order chi connectivity index (χ1) is 7.45. The second kappa shape index (κ2) is 5.67. The zero-order valence-corrected chi connectivity index (χ0v) is 10.9. The first kappa shape index (κ1) is 13.5. The van der Waals surface area contributed by atoms with Gasteiger partial charge in [0.2, 0.25) is 0 Å². The lowest BCUT2D eigenvalue weighted by atomic mass is 9.91. The molecule has 0 aliphatic heterocycles. The van der Waals surface area contributed by atoms with Crippen LogP contribution < -0.4 is 0 Å². The minimum absolute atomic E-state index is 0.166. The van der Waals surface area contributed by atoms with Crippen molar-refractivity contribution in [2.45, 2.75) is 72.2 Å². The van der Waals surface area contributed by atoms with E-state index >= 15 is 0 Å². The second-order valence-corrected chi connectivity index (χ2v) is 5.25. The average molecular weight is 228 g/mol. The molecule has 0 bridgehead atoms. The highest BCUT2D eigenvalue weighted by Crippen LogP contribution is 2.25. The van der Waals surface area contributed by atoms with Crippen LogP contribution in [0.3, 0.4) is 0 Å². The lowest BCUT2D eigenvalue weighted by molar-refractivity contribution is -0.193. The van der Waals surface area contributed by atoms with E-state index in [1.807, 2.05) is 27.7 Å². The number of hydrogen-bond donors (Lipinski definition) is 0. The van der Waals surface area contributed by atoms with Crippen LogP contribution in [-0.2, 0) is 14.3 Å². The van der Waals surface area contributed by atoms with Gasteiger partial charge in [-0.25, -0.2) is 0 Å². The number of carbonyl (C=O) groups excluding carboxylic acids is 1. The van der Waals surface area contributed by atoms with Crippen molar-refractivity contribution in [3.8, 4) is 0 Å². The lowest BCUT2D eigenvalue weighted by Crippen LogP contribution is -2.31. The molecule has 0 aromatic carbocycles. The molecular formula is C13H24O3. The van der Waals surface area contributed by atoms with Crippen LogP contribution in [0.2, 0.25) is 0 Å². The van der Waals surface area contributed by atoms with Crippen molar-refractivity contribution in [1.82, 2.24) is 0 Å². The van der Waals surface area contributed by atoms with Gasteiger partial charge in [0.15, 0.2) is 6.29 Å². The molecule has 16 heavy (non-hydrogen) atoms. The molecule has 0 N–H and O–H groups in total. The zero-order chi connectivity index (χ0) is 12.2. The molecule has 3 nitrogen and oxygen atoms in total. The third-order valence-corrected chi connectivity index (χ3v) is 3.40. The Labute approximate surface area is 98.5 Å². The lowest BCUT2D eigenvalue weighted by Gasteiger charge is -2.25. The minimum atomic E-state index is -0.415. The van der Waals surface area contributed by atoms with Crippen molar-refractivity contribution >= 4 is 5.97 Å². The summed E-state index contributed by atoms with van der Waals surface area (Å²) in [5.41, 5.74) is -0.409. The van der Waals surface area contributed by atoms with E-state index in [1.165, 1.54) is 12.8 Å². The molecule has 3 heteroatoms. The summed E-state index contributed by atoms with van der Waals surface area (Å²) in [6.45, 7) is 7.60. The molecule has 1 saturated carbocycles. The van der Waals surface area contributed by atoms with Crippen LogP contribution in [0.4, 0.5) is 0 Å². The normalized spacial score (nSPS) is 19.8. The third-order valence-electron chi connectivity index (χ3n) is 3.40. The smallest absolute Gasteiger partial charge is 0.313 e. The first-order valence-corrected chi connectivity index (χ1v) is 6.32. The summed E-state index contributed by atoms with van der Waals surface area (Å²) in [5, 5.41) is 0. The molecule has 0 saturated heterocycles. The largest absolute Gasteiger partial charge is 0.436 e. The topological polar surface area (TPSA) is 35.5 Å². The summed E-state index contributed by atoms with van der Waals surface area (Å²) in [4.78, 5) is 11.8. The molecule has 0 amide bonds. The molecule has 0 aromatic rings. The Kier molecular flexibility index (Phi) is 4.78. The van der Waals surface area contributed by atoms with Crippen LogP contribution in [0.1, 0.15) is 59.8 Å². The van der Waals surface area contributed by atoms with Crippen LogP contribution in [-0.4, -0.2) is 18.4 Å². The molecule has 0 heterocycles. The van der Waals surface area contributed by atoms with Gasteiger partial charge in [-0.05, 0) is 40.0 Å². The summed E-state index contributed by atoms with van der Waals surface area (Å²) in [6, 6.07) is 0. The highest BCUT2D eigenvalue weighted by atomic mass is 16.7. The van der Waals surface area contributed by atoms with E-state index in [-0.39, 0.29) is 12.1 Å². The van der Waals surface area contributed by atoms with Crippen LogP contribution in [0.5, 0.6) is 0 Å². The van der Waals surface area contributed by atoms with Gasteiger partial charge >= 0.3 is 5.97 Å². The van der Waals surface area contributed by atoms with E-state index in [0.29, 0.717) is 0 Å². The number of carbonyl (C=O) groups is 1. The third kappa shape index (κ3) is 3.78. The van der Waals surface area contributed by atoms with Gasteiger partial charge in [-0.15, -0.1) is 0 Å². The van der Waals surface area contributed by atoms with Crippen LogP contribution in [0, 0.1) is 5.41 Å². The minimum Gasteiger partial charge on any atom is -0.436 e. The maximum absolute atomic E-state index is 11.8. The molecule has 1 rings (SSSR count). The van der Waals surface area contributed by atoms with Crippen molar-refractivity contribution in [3.05, 3.63) is 0 Å². The number of ether oxygens (including phenoxy) is 2. The first-order valence-electron chi connectivity index (χ1n) is 6.32. The summed E-state index contributed by atoms with van der Waals surface area (Å²) < 4.78 is 11.0. The van der Waals surface area contributed by atoms with Gasteiger partial charge in [-0.3, -0.25) is 4.79 Å². The van der Waals surface area contributed by atoms with E-state index in [0.717, 1.165) is 19.3 Å². The Balaban J connectivity index is 2.32. The fourth-order valence-corrected chi connectivity index (χ4v) is 1.78. The van der Waals surface area contributed by atoms with E-state index in [9.17, 15) is 4.79 Å². The van der Waals surface area contributed by atoms with Gasteiger partial charge in [0, 0.05) is 0 Å².